The van der Waals surface area contributed by atoms with E-state index in [-0.39, 0.29) is 35.3 Å². The van der Waals surface area contributed by atoms with Crippen molar-refractivity contribution in [2.24, 2.45) is 0 Å². The van der Waals surface area contributed by atoms with Gasteiger partial charge in [-0.2, -0.15) is 0 Å². The maximum Gasteiger partial charge on any atom is 0.437 e. The van der Waals surface area contributed by atoms with Crippen molar-refractivity contribution >= 4 is 11.8 Å². The Morgan fingerprint density at radius 3 is 2.65 bits per heavy atom. The quantitative estimate of drug-likeness (QED) is 0.555. The number of anilines is 1. The lowest BCUT2D eigenvalue weighted by molar-refractivity contribution is -0.0000122. The number of aromatic nitrogens is 2. The lowest BCUT2D eigenvalue weighted by atomic mass is 10.1. The van der Waals surface area contributed by atoms with Crippen molar-refractivity contribution in [3.8, 4) is 0 Å². The lowest BCUT2D eigenvalue weighted by Gasteiger charge is -1.97. The summed E-state index contributed by atoms with van der Waals surface area (Å²) in [6, 6.07) is 9.14. The molecule has 0 amide bonds. The molecule has 2 rings (SSSR count). The van der Waals surface area contributed by atoms with E-state index in [0.29, 0.717) is 11.5 Å². The largest absolute Gasteiger partial charge is 1.00 e. The van der Waals surface area contributed by atoms with Crippen molar-refractivity contribution in [1.82, 2.24) is 9.78 Å². The van der Waals surface area contributed by atoms with E-state index in [1.54, 1.807) is 19.1 Å². The third-order valence-electron chi connectivity index (χ3n) is 2.16. The molecule has 2 aromatic rings. The monoisotopic (exact) mass is 297 g/mol. The molecule has 0 atom stereocenters. The second kappa shape index (κ2) is 5.58. The Morgan fingerprint density at radius 2 is 2.12 bits per heavy atom. The minimum atomic E-state index is -0.0504. The average Bonchev–Trinajstić information content (AvgIpc) is 2.59. The zero-order chi connectivity index (χ0) is 11.5. The Kier molecular flexibility index (Phi) is 4.39. The standard InChI is InChI=1S/C11H11N3O2.BrH/c1-8-13-14(11(12)16-8)7-10(15)9-5-3-2-4-6-9;/h2-6,12H,7H2,1H3;1H. The first-order valence-electron chi connectivity index (χ1n) is 4.88. The maximum absolute atomic E-state index is 11.8. The molecule has 0 fully saturated rings. The van der Waals surface area contributed by atoms with Crippen LogP contribution in [0.1, 0.15) is 16.2 Å². The maximum atomic E-state index is 11.8. The summed E-state index contributed by atoms with van der Waals surface area (Å²) in [6.07, 6.45) is 0. The Morgan fingerprint density at radius 1 is 1.47 bits per heavy atom. The topological polar surface area (TPSA) is 74.0 Å². The summed E-state index contributed by atoms with van der Waals surface area (Å²) < 4.78 is 6.38. The lowest BCUT2D eigenvalue weighted by Crippen LogP contribution is -3.00. The summed E-state index contributed by atoms with van der Waals surface area (Å²) in [5, 5.41) is 3.98. The fraction of sp³-hybridized carbons (Fsp3) is 0.182. The number of carbonyl (C=O) groups is 1. The van der Waals surface area contributed by atoms with Gasteiger partial charge in [-0.05, 0) is 5.10 Å². The Labute approximate surface area is 109 Å². The van der Waals surface area contributed by atoms with Crippen molar-refractivity contribution in [3.05, 3.63) is 41.8 Å². The highest BCUT2D eigenvalue weighted by Crippen LogP contribution is 2.07. The van der Waals surface area contributed by atoms with Crippen LogP contribution in [0.2, 0.25) is 0 Å². The van der Waals surface area contributed by atoms with E-state index in [9.17, 15) is 4.79 Å². The number of ketones is 1. The molecule has 0 radical (unpaired) electrons. The Balaban J connectivity index is 0.00000144. The number of carbonyl (C=O) groups excluding carboxylic acids is 1. The number of nitrogens with two attached hydrogens (primary N) is 1. The smallest absolute Gasteiger partial charge is 0.437 e. The predicted octanol–water partition coefficient (Wildman–Crippen LogP) is -1.47. The summed E-state index contributed by atoms with van der Waals surface area (Å²) in [5.41, 5.74) is 6.18. The van der Waals surface area contributed by atoms with E-state index >= 15 is 0 Å². The van der Waals surface area contributed by atoms with Gasteiger partial charge in [-0.1, -0.05) is 30.3 Å². The molecule has 6 heteroatoms. The van der Waals surface area contributed by atoms with Crippen LogP contribution in [0.15, 0.2) is 34.7 Å². The zero-order valence-corrected chi connectivity index (χ0v) is 10.8. The second-order valence-electron chi connectivity index (χ2n) is 3.41. The number of aryl methyl sites for hydroxylation is 1. The van der Waals surface area contributed by atoms with Crippen molar-refractivity contribution in [2.45, 2.75) is 13.5 Å². The molecule has 0 spiro atoms. The van der Waals surface area contributed by atoms with Crippen molar-refractivity contribution in [3.63, 3.8) is 0 Å². The van der Waals surface area contributed by atoms with Gasteiger partial charge in [0.1, 0.15) is 6.54 Å². The number of halogens is 1. The first-order chi connectivity index (χ1) is 7.66. The van der Waals surface area contributed by atoms with Gasteiger partial charge in [-0.25, -0.2) is 4.42 Å². The molecule has 90 valence electrons. The highest BCUT2D eigenvalue weighted by molar-refractivity contribution is 5.95. The molecule has 0 aliphatic rings. The van der Waals surface area contributed by atoms with Gasteiger partial charge in [0, 0.05) is 5.56 Å². The van der Waals surface area contributed by atoms with Gasteiger partial charge in [-0.15, -0.1) is 4.68 Å². The summed E-state index contributed by atoms with van der Waals surface area (Å²) in [4.78, 5) is 11.8. The molecule has 0 saturated heterocycles. The molecule has 1 aromatic carbocycles. The van der Waals surface area contributed by atoms with Crippen LogP contribution in [-0.2, 0) is 6.54 Å². The highest BCUT2D eigenvalue weighted by atomic mass is 79.9. The van der Waals surface area contributed by atoms with Gasteiger partial charge in [0.05, 0.1) is 6.92 Å². The van der Waals surface area contributed by atoms with Crippen molar-refractivity contribution in [1.29, 1.82) is 0 Å². The van der Waals surface area contributed by atoms with Crippen LogP contribution >= 0.6 is 0 Å². The molecule has 5 nitrogen and oxygen atoms in total. The molecule has 1 heterocycles. The van der Waals surface area contributed by atoms with Gasteiger partial charge in [0.2, 0.25) is 0 Å². The van der Waals surface area contributed by atoms with E-state index in [1.165, 1.54) is 4.68 Å². The molecular formula is C11H12BrN3O2. The van der Waals surface area contributed by atoms with Crippen LogP contribution in [0.4, 0.5) is 6.01 Å². The second-order valence-corrected chi connectivity index (χ2v) is 3.41. The van der Waals surface area contributed by atoms with Gasteiger partial charge in [0.15, 0.2) is 5.78 Å². The number of nitrogen functional groups attached to an aromatic ring is 1. The van der Waals surface area contributed by atoms with Crippen LogP contribution in [-0.4, -0.2) is 15.6 Å². The first-order valence-corrected chi connectivity index (χ1v) is 4.88. The predicted molar refractivity (Wildman–Crippen MR) is 58.8 cm³/mol. The number of Topliss-reactive ketones (excluding diaryl/α,β-unsaturated/α-hetero) is 1. The number of hydrogen-bond donors (Lipinski definition) is 1. The zero-order valence-electron chi connectivity index (χ0n) is 9.26. The summed E-state index contributed by atoms with van der Waals surface area (Å²) in [7, 11) is 0. The fourth-order valence-electron chi connectivity index (χ4n) is 1.41. The molecule has 0 aliphatic heterocycles. The molecule has 0 saturated carbocycles. The molecular weight excluding hydrogens is 286 g/mol. The molecule has 0 unspecified atom stereocenters. The van der Waals surface area contributed by atoms with Crippen LogP contribution in [0.3, 0.4) is 0 Å². The van der Waals surface area contributed by atoms with Gasteiger partial charge < -0.3 is 17.0 Å². The van der Waals surface area contributed by atoms with Crippen molar-refractivity contribution < 1.29 is 26.2 Å². The summed E-state index contributed by atoms with van der Waals surface area (Å²) >= 11 is 0. The van der Waals surface area contributed by atoms with Gasteiger partial charge in [0.25, 0.3) is 0 Å². The minimum Gasteiger partial charge on any atom is -1.00 e. The number of nitrogens with zero attached hydrogens (tertiary/aromatic N) is 2. The molecule has 17 heavy (non-hydrogen) atoms. The molecule has 1 aromatic heterocycles. The molecule has 0 bridgehead atoms. The number of rotatable bonds is 3. The highest BCUT2D eigenvalue weighted by Gasteiger charge is 2.17. The first kappa shape index (κ1) is 13.4. The van der Waals surface area contributed by atoms with Crippen molar-refractivity contribution in [2.75, 3.05) is 5.73 Å². The number of hydrogen-bond acceptors (Lipinski definition) is 4. The fourth-order valence-corrected chi connectivity index (χ4v) is 1.41. The Bertz CT molecular complexity index is 511. The average molecular weight is 298 g/mol. The third-order valence-corrected chi connectivity index (χ3v) is 2.16. The van der Waals surface area contributed by atoms with E-state index in [2.05, 4.69) is 5.10 Å². The van der Waals surface area contributed by atoms with Gasteiger partial charge >= 0.3 is 11.9 Å². The Hall–Kier alpha value is -1.69. The summed E-state index contributed by atoms with van der Waals surface area (Å²) in [6.45, 7) is 1.77. The van der Waals surface area contributed by atoms with Crippen LogP contribution in [0, 0.1) is 6.92 Å². The third kappa shape index (κ3) is 3.13. The van der Waals surface area contributed by atoms with E-state index < -0.39 is 0 Å². The molecule has 2 N–H and O–H groups in total. The molecule has 0 aliphatic carbocycles. The normalized spacial score (nSPS) is 9.71. The summed E-state index contributed by atoms with van der Waals surface area (Å²) in [5.74, 6) is 0.393. The van der Waals surface area contributed by atoms with E-state index in [4.69, 9.17) is 10.2 Å². The number of benzene rings is 1. The van der Waals surface area contributed by atoms with Crippen LogP contribution < -0.4 is 22.7 Å². The minimum absolute atomic E-state index is 0. The SMILES string of the molecule is Cc1nn(CC(=O)c2ccccc2)[c+](N)o1.[Br-]. The van der Waals surface area contributed by atoms with Crippen LogP contribution in [0.5, 0.6) is 0 Å². The van der Waals surface area contributed by atoms with E-state index in [1.807, 2.05) is 18.2 Å². The van der Waals surface area contributed by atoms with Gasteiger partial charge in [-0.3, -0.25) is 10.5 Å². The van der Waals surface area contributed by atoms with Crippen LogP contribution in [0.25, 0.3) is 0 Å². The van der Waals surface area contributed by atoms with E-state index in [0.717, 1.165) is 0 Å².